The number of rotatable bonds is 3. The minimum absolute atomic E-state index is 0.0177. The van der Waals surface area contributed by atoms with Crippen LogP contribution in [-0.4, -0.2) is 6.18 Å². The number of hydrogen-bond donors (Lipinski definition) is 0. The molecule has 0 nitrogen and oxygen atoms in total. The molecule has 2 rings (SSSR count). The van der Waals surface area contributed by atoms with Crippen LogP contribution < -0.4 is 0 Å². The third-order valence-corrected chi connectivity index (χ3v) is 4.12. The molecule has 0 spiro atoms. The maximum Gasteiger partial charge on any atom is 0.393 e. The molecular weight excluding hydrogens is 273 g/mol. The van der Waals surface area contributed by atoms with Crippen molar-refractivity contribution in [3.05, 3.63) is 47.5 Å². The van der Waals surface area contributed by atoms with E-state index < -0.39 is 12.6 Å². The van der Waals surface area contributed by atoms with Gasteiger partial charge in [-0.2, -0.15) is 13.2 Å². The first-order valence-corrected chi connectivity index (χ1v) is 7.55. The molecule has 1 aliphatic rings. The van der Waals surface area contributed by atoms with E-state index in [1.54, 1.807) is 12.1 Å². The Kier molecular flexibility index (Phi) is 5.66. The van der Waals surface area contributed by atoms with Crippen molar-refractivity contribution in [3.8, 4) is 0 Å². The lowest BCUT2D eigenvalue weighted by Gasteiger charge is -2.48. The average Bonchev–Trinajstić information content (AvgIpc) is 2.36. The van der Waals surface area contributed by atoms with Crippen LogP contribution in [0.15, 0.2) is 36.4 Å². The summed E-state index contributed by atoms with van der Waals surface area (Å²) in [4.78, 5) is 0. The Hall–Kier alpha value is -1.25. The summed E-state index contributed by atoms with van der Waals surface area (Å²) in [5, 5.41) is 0. The second-order valence-electron chi connectivity index (χ2n) is 5.86. The van der Waals surface area contributed by atoms with E-state index in [4.69, 9.17) is 0 Å². The summed E-state index contributed by atoms with van der Waals surface area (Å²) >= 11 is 0. The molecule has 1 aromatic carbocycles. The van der Waals surface area contributed by atoms with Gasteiger partial charge in [-0.15, -0.1) is 0 Å². The van der Waals surface area contributed by atoms with Crippen LogP contribution >= 0.6 is 0 Å². The molecule has 1 fully saturated rings. The highest BCUT2D eigenvalue weighted by atomic mass is 19.4. The highest BCUT2D eigenvalue weighted by Crippen LogP contribution is 2.51. The summed E-state index contributed by atoms with van der Waals surface area (Å²) in [5.41, 5.74) is 2.51. The predicted molar refractivity (Wildman–Crippen MR) is 82.4 cm³/mol. The van der Waals surface area contributed by atoms with Crippen molar-refractivity contribution >= 4 is 0 Å². The second-order valence-corrected chi connectivity index (χ2v) is 5.86. The average molecular weight is 298 g/mol. The molecule has 0 N–H and O–H groups in total. The van der Waals surface area contributed by atoms with Crippen LogP contribution in [0.25, 0.3) is 0 Å². The van der Waals surface area contributed by atoms with Crippen LogP contribution in [0.4, 0.5) is 13.2 Å². The highest BCUT2D eigenvalue weighted by Gasteiger charge is 2.43. The molecule has 21 heavy (non-hydrogen) atoms. The van der Waals surface area contributed by atoms with E-state index in [0.717, 1.165) is 24.0 Å². The van der Waals surface area contributed by atoms with E-state index >= 15 is 0 Å². The van der Waals surface area contributed by atoms with Crippen molar-refractivity contribution in [1.29, 1.82) is 0 Å². The fraction of sp³-hybridized carbons (Fsp3) is 0.556. The summed E-state index contributed by atoms with van der Waals surface area (Å²) < 4.78 is 37.0. The fourth-order valence-corrected chi connectivity index (χ4v) is 3.13. The lowest BCUT2D eigenvalue weighted by atomic mass is 9.56. The predicted octanol–water partition coefficient (Wildman–Crippen LogP) is 6.06. The third kappa shape index (κ3) is 4.12. The summed E-state index contributed by atoms with van der Waals surface area (Å²) in [6, 6.07) is 6.86. The monoisotopic (exact) mass is 298 g/mol. The van der Waals surface area contributed by atoms with Gasteiger partial charge < -0.3 is 0 Å². The van der Waals surface area contributed by atoms with Crippen LogP contribution in [0.5, 0.6) is 0 Å². The SMILES string of the molecule is C=C(C)C1(c2ccc(CC(F)(F)F)cc2)CC(C)C1.CC. The van der Waals surface area contributed by atoms with E-state index in [0.29, 0.717) is 11.5 Å². The van der Waals surface area contributed by atoms with Gasteiger partial charge in [-0.1, -0.05) is 57.2 Å². The Morgan fingerprint density at radius 2 is 1.67 bits per heavy atom. The van der Waals surface area contributed by atoms with Crippen molar-refractivity contribution in [2.45, 2.75) is 58.5 Å². The van der Waals surface area contributed by atoms with Crippen molar-refractivity contribution in [1.82, 2.24) is 0 Å². The summed E-state index contributed by atoms with van der Waals surface area (Å²) in [6.07, 6.45) is -2.91. The lowest BCUT2D eigenvalue weighted by molar-refractivity contribution is -0.127. The zero-order valence-electron chi connectivity index (χ0n) is 13.3. The van der Waals surface area contributed by atoms with E-state index in [1.807, 2.05) is 32.9 Å². The molecule has 1 aromatic rings. The van der Waals surface area contributed by atoms with E-state index in [1.165, 1.54) is 0 Å². The topological polar surface area (TPSA) is 0 Å². The minimum Gasteiger partial charge on any atom is -0.171 e. The largest absolute Gasteiger partial charge is 0.393 e. The normalized spacial score (nSPS) is 24.6. The second kappa shape index (κ2) is 6.67. The molecule has 0 radical (unpaired) electrons. The molecule has 0 amide bonds. The Labute approximate surface area is 126 Å². The zero-order valence-corrected chi connectivity index (χ0v) is 13.3. The van der Waals surface area contributed by atoms with Gasteiger partial charge in [-0.3, -0.25) is 0 Å². The number of benzene rings is 1. The zero-order chi connectivity index (χ0) is 16.3. The van der Waals surface area contributed by atoms with Gasteiger partial charge in [0.15, 0.2) is 0 Å². The first-order chi connectivity index (χ1) is 9.73. The number of alkyl halides is 3. The van der Waals surface area contributed by atoms with Crippen LogP contribution in [0, 0.1) is 5.92 Å². The summed E-state index contributed by atoms with van der Waals surface area (Å²) in [6.45, 7) is 12.3. The number of halogens is 3. The van der Waals surface area contributed by atoms with Crippen LogP contribution in [-0.2, 0) is 11.8 Å². The molecule has 1 aliphatic carbocycles. The Bertz CT molecular complexity index is 462. The van der Waals surface area contributed by atoms with Crippen molar-refractivity contribution in [2.24, 2.45) is 5.92 Å². The Balaban J connectivity index is 0.00000106. The first-order valence-electron chi connectivity index (χ1n) is 7.55. The standard InChI is InChI=1S/C16H19F3.C2H6/c1-11(2)15(8-12(3)9-15)14-6-4-13(5-7-14)10-16(17,18)19;1-2/h4-7,12H,1,8-10H2,2-3H3;1-2H3. The molecular formula is C18H25F3. The minimum atomic E-state index is -4.14. The molecule has 0 atom stereocenters. The molecule has 3 heteroatoms. The summed E-state index contributed by atoms with van der Waals surface area (Å²) in [7, 11) is 0. The van der Waals surface area contributed by atoms with Gasteiger partial charge in [-0.05, 0) is 36.8 Å². The number of hydrogen-bond acceptors (Lipinski definition) is 0. The van der Waals surface area contributed by atoms with Gasteiger partial charge in [0.25, 0.3) is 0 Å². The molecule has 0 bridgehead atoms. The first kappa shape index (κ1) is 17.8. The molecule has 0 saturated heterocycles. The van der Waals surface area contributed by atoms with Gasteiger partial charge >= 0.3 is 6.18 Å². The quantitative estimate of drug-likeness (QED) is 0.595. The van der Waals surface area contributed by atoms with E-state index in [2.05, 4.69) is 13.5 Å². The van der Waals surface area contributed by atoms with Crippen LogP contribution in [0.2, 0.25) is 0 Å². The van der Waals surface area contributed by atoms with Crippen LogP contribution in [0.1, 0.15) is 51.7 Å². The van der Waals surface area contributed by atoms with Gasteiger partial charge in [-0.25, -0.2) is 0 Å². The molecule has 0 aliphatic heterocycles. The van der Waals surface area contributed by atoms with E-state index in [-0.39, 0.29) is 5.41 Å². The fourth-order valence-electron chi connectivity index (χ4n) is 3.13. The molecule has 0 heterocycles. The molecule has 1 saturated carbocycles. The smallest absolute Gasteiger partial charge is 0.171 e. The van der Waals surface area contributed by atoms with Crippen molar-refractivity contribution in [3.63, 3.8) is 0 Å². The Morgan fingerprint density at radius 3 is 2.00 bits per heavy atom. The maximum absolute atomic E-state index is 12.3. The third-order valence-electron chi connectivity index (χ3n) is 4.12. The van der Waals surface area contributed by atoms with E-state index in [9.17, 15) is 13.2 Å². The summed E-state index contributed by atoms with van der Waals surface area (Å²) in [5.74, 6) is 0.659. The van der Waals surface area contributed by atoms with Crippen LogP contribution in [0.3, 0.4) is 0 Å². The van der Waals surface area contributed by atoms with Gasteiger partial charge in [0, 0.05) is 5.41 Å². The van der Waals surface area contributed by atoms with Crippen molar-refractivity contribution < 1.29 is 13.2 Å². The highest BCUT2D eigenvalue weighted by molar-refractivity contribution is 5.39. The molecule has 0 unspecified atom stereocenters. The maximum atomic E-state index is 12.3. The van der Waals surface area contributed by atoms with Gasteiger partial charge in [0.05, 0.1) is 6.42 Å². The van der Waals surface area contributed by atoms with Gasteiger partial charge in [0.1, 0.15) is 0 Å². The molecule has 0 aromatic heterocycles. The molecule has 118 valence electrons. The van der Waals surface area contributed by atoms with Crippen molar-refractivity contribution in [2.75, 3.05) is 0 Å². The Morgan fingerprint density at radius 1 is 1.19 bits per heavy atom. The lowest BCUT2D eigenvalue weighted by Crippen LogP contribution is -2.40. The number of allylic oxidation sites excluding steroid dienone is 1. The van der Waals surface area contributed by atoms with Gasteiger partial charge in [0.2, 0.25) is 0 Å².